The van der Waals surface area contributed by atoms with Gasteiger partial charge in [-0.1, -0.05) is 11.6 Å². The Hall–Kier alpha value is -0.740. The van der Waals surface area contributed by atoms with Gasteiger partial charge in [-0.3, -0.25) is 0 Å². The first-order chi connectivity index (χ1) is 7.58. The van der Waals surface area contributed by atoms with Crippen molar-refractivity contribution in [1.82, 2.24) is 0 Å². The Morgan fingerprint density at radius 2 is 2.06 bits per heavy atom. The van der Waals surface area contributed by atoms with Crippen LogP contribution in [0.3, 0.4) is 0 Å². The van der Waals surface area contributed by atoms with E-state index in [-0.39, 0.29) is 17.4 Å². The molecule has 1 rings (SSSR count). The van der Waals surface area contributed by atoms with Gasteiger partial charge in [-0.05, 0) is 13.0 Å². The second-order valence-corrected chi connectivity index (χ2v) is 3.54. The number of benzene rings is 1. The number of hydrogen-bond acceptors (Lipinski definition) is 2. The zero-order valence-electron chi connectivity index (χ0n) is 8.47. The Bertz CT molecular complexity index is 359. The fourth-order valence-corrected chi connectivity index (χ4v) is 1.64. The lowest BCUT2D eigenvalue weighted by molar-refractivity contribution is -0.0519. The standard InChI is InChI=1S/C10H10Cl2F2O2/c1-2-15-8-4-7(12)3-6(5-11)9(8)16-10(13)14/h3-4,10H,2,5H2,1H3. The molecular formula is C10H10Cl2F2O2. The summed E-state index contributed by atoms with van der Waals surface area (Å²) in [5.74, 6) is 0.130. The predicted octanol–water partition coefficient (Wildman–Crippen LogP) is 4.08. The lowest BCUT2D eigenvalue weighted by Crippen LogP contribution is -2.06. The van der Waals surface area contributed by atoms with Crippen LogP contribution in [0, 0.1) is 0 Å². The molecule has 90 valence electrons. The molecule has 2 nitrogen and oxygen atoms in total. The van der Waals surface area contributed by atoms with Gasteiger partial charge in [0.15, 0.2) is 11.5 Å². The second-order valence-electron chi connectivity index (χ2n) is 2.84. The molecule has 0 atom stereocenters. The first-order valence-corrected chi connectivity index (χ1v) is 5.45. The van der Waals surface area contributed by atoms with Gasteiger partial charge in [0.1, 0.15) is 0 Å². The van der Waals surface area contributed by atoms with E-state index >= 15 is 0 Å². The summed E-state index contributed by atoms with van der Waals surface area (Å²) in [7, 11) is 0. The molecule has 0 spiro atoms. The molecule has 1 aromatic carbocycles. The van der Waals surface area contributed by atoms with Crippen molar-refractivity contribution in [3.05, 3.63) is 22.7 Å². The van der Waals surface area contributed by atoms with E-state index < -0.39 is 6.61 Å². The Morgan fingerprint density at radius 3 is 2.56 bits per heavy atom. The Labute approximate surface area is 102 Å². The Balaban J connectivity index is 3.15. The molecule has 0 N–H and O–H groups in total. The monoisotopic (exact) mass is 270 g/mol. The molecule has 0 radical (unpaired) electrons. The van der Waals surface area contributed by atoms with Crippen LogP contribution >= 0.6 is 23.2 Å². The van der Waals surface area contributed by atoms with E-state index in [4.69, 9.17) is 27.9 Å². The minimum atomic E-state index is -2.93. The van der Waals surface area contributed by atoms with E-state index in [9.17, 15) is 8.78 Å². The quantitative estimate of drug-likeness (QED) is 0.751. The largest absolute Gasteiger partial charge is 0.490 e. The summed E-state index contributed by atoms with van der Waals surface area (Å²) < 4.78 is 33.9. The van der Waals surface area contributed by atoms with Gasteiger partial charge < -0.3 is 9.47 Å². The summed E-state index contributed by atoms with van der Waals surface area (Å²) in [5, 5.41) is 0.362. The molecule has 0 aliphatic carbocycles. The number of hydrogen-bond donors (Lipinski definition) is 0. The SMILES string of the molecule is CCOc1cc(Cl)cc(CCl)c1OC(F)F. The maximum atomic E-state index is 12.2. The summed E-state index contributed by atoms with van der Waals surface area (Å²) >= 11 is 11.4. The minimum absolute atomic E-state index is 0.0166. The van der Waals surface area contributed by atoms with Crippen LogP contribution in [0.1, 0.15) is 12.5 Å². The van der Waals surface area contributed by atoms with Gasteiger partial charge in [0.2, 0.25) is 0 Å². The van der Waals surface area contributed by atoms with Crippen LogP contribution in [-0.4, -0.2) is 13.2 Å². The van der Waals surface area contributed by atoms with Crippen molar-refractivity contribution in [3.8, 4) is 11.5 Å². The third kappa shape index (κ3) is 3.39. The molecule has 0 fully saturated rings. The van der Waals surface area contributed by atoms with E-state index in [2.05, 4.69) is 4.74 Å². The van der Waals surface area contributed by atoms with Crippen molar-refractivity contribution in [2.45, 2.75) is 19.4 Å². The van der Waals surface area contributed by atoms with Gasteiger partial charge in [0.25, 0.3) is 0 Å². The summed E-state index contributed by atoms with van der Waals surface area (Å²) in [6, 6.07) is 2.88. The summed E-state index contributed by atoms with van der Waals surface area (Å²) in [5.41, 5.74) is 0.373. The number of alkyl halides is 3. The van der Waals surface area contributed by atoms with Gasteiger partial charge in [-0.15, -0.1) is 11.6 Å². The van der Waals surface area contributed by atoms with E-state index in [0.717, 1.165) is 0 Å². The highest BCUT2D eigenvalue weighted by atomic mass is 35.5. The van der Waals surface area contributed by atoms with E-state index in [1.54, 1.807) is 6.92 Å². The van der Waals surface area contributed by atoms with Crippen molar-refractivity contribution in [1.29, 1.82) is 0 Å². The van der Waals surface area contributed by atoms with Crippen molar-refractivity contribution in [2.75, 3.05) is 6.61 Å². The fourth-order valence-electron chi connectivity index (χ4n) is 1.21. The zero-order chi connectivity index (χ0) is 12.1. The van der Waals surface area contributed by atoms with E-state index in [1.165, 1.54) is 12.1 Å². The molecular weight excluding hydrogens is 261 g/mol. The lowest BCUT2D eigenvalue weighted by Gasteiger charge is -2.14. The molecule has 0 aliphatic rings. The van der Waals surface area contributed by atoms with E-state index in [0.29, 0.717) is 17.2 Å². The first kappa shape index (κ1) is 13.3. The third-order valence-electron chi connectivity index (χ3n) is 1.75. The van der Waals surface area contributed by atoms with Gasteiger partial charge in [-0.2, -0.15) is 8.78 Å². The van der Waals surface area contributed by atoms with Gasteiger partial charge in [0, 0.05) is 16.7 Å². The minimum Gasteiger partial charge on any atom is -0.490 e. The second kappa shape index (κ2) is 6.11. The number of rotatable bonds is 5. The molecule has 0 unspecified atom stereocenters. The highest BCUT2D eigenvalue weighted by molar-refractivity contribution is 6.31. The highest BCUT2D eigenvalue weighted by Gasteiger charge is 2.16. The number of ether oxygens (including phenoxy) is 2. The van der Waals surface area contributed by atoms with Crippen LogP contribution in [0.15, 0.2) is 12.1 Å². The summed E-state index contributed by atoms with van der Waals surface area (Å²) in [6.07, 6.45) is 0. The fraction of sp³-hybridized carbons (Fsp3) is 0.400. The predicted molar refractivity (Wildman–Crippen MR) is 58.8 cm³/mol. The molecule has 0 saturated carbocycles. The summed E-state index contributed by atoms with van der Waals surface area (Å²) in [4.78, 5) is 0. The lowest BCUT2D eigenvalue weighted by atomic mass is 10.2. The van der Waals surface area contributed by atoms with Crippen LogP contribution in [0.25, 0.3) is 0 Å². The van der Waals surface area contributed by atoms with Crippen molar-refractivity contribution >= 4 is 23.2 Å². The zero-order valence-corrected chi connectivity index (χ0v) is 9.99. The van der Waals surface area contributed by atoms with E-state index in [1.807, 2.05) is 0 Å². The van der Waals surface area contributed by atoms with Crippen molar-refractivity contribution in [3.63, 3.8) is 0 Å². The first-order valence-electron chi connectivity index (χ1n) is 4.54. The molecule has 6 heteroatoms. The average molecular weight is 271 g/mol. The molecule has 0 saturated heterocycles. The van der Waals surface area contributed by atoms with Crippen LogP contribution in [0.4, 0.5) is 8.78 Å². The van der Waals surface area contributed by atoms with Crippen LogP contribution in [0.2, 0.25) is 5.02 Å². The average Bonchev–Trinajstić information content (AvgIpc) is 2.21. The van der Waals surface area contributed by atoms with Gasteiger partial charge in [-0.25, -0.2) is 0 Å². The van der Waals surface area contributed by atoms with Crippen LogP contribution in [0.5, 0.6) is 11.5 Å². The normalized spacial score (nSPS) is 10.6. The molecule has 0 aliphatic heterocycles. The third-order valence-corrected chi connectivity index (χ3v) is 2.25. The highest BCUT2D eigenvalue weighted by Crippen LogP contribution is 2.36. The molecule has 0 amide bonds. The molecule has 0 aromatic heterocycles. The number of halogens is 4. The smallest absolute Gasteiger partial charge is 0.387 e. The van der Waals surface area contributed by atoms with Crippen molar-refractivity contribution in [2.24, 2.45) is 0 Å². The van der Waals surface area contributed by atoms with Gasteiger partial charge >= 0.3 is 6.61 Å². The Morgan fingerprint density at radius 1 is 1.38 bits per heavy atom. The molecule has 16 heavy (non-hydrogen) atoms. The van der Waals surface area contributed by atoms with Crippen LogP contribution < -0.4 is 9.47 Å². The molecule has 1 aromatic rings. The maximum absolute atomic E-state index is 12.2. The topological polar surface area (TPSA) is 18.5 Å². The van der Waals surface area contributed by atoms with Gasteiger partial charge in [0.05, 0.1) is 12.5 Å². The van der Waals surface area contributed by atoms with Crippen LogP contribution in [-0.2, 0) is 5.88 Å². The summed E-state index contributed by atoms with van der Waals surface area (Å²) in [6.45, 7) is -0.878. The maximum Gasteiger partial charge on any atom is 0.387 e. The molecule has 0 bridgehead atoms. The van der Waals surface area contributed by atoms with Crippen molar-refractivity contribution < 1.29 is 18.3 Å². The molecule has 0 heterocycles. The Kier molecular flexibility index (Phi) is 5.09.